The van der Waals surface area contributed by atoms with Gasteiger partial charge in [-0.1, -0.05) is 25.5 Å². The third-order valence-electron chi connectivity index (χ3n) is 4.83. The quantitative estimate of drug-likeness (QED) is 0.412. The summed E-state index contributed by atoms with van der Waals surface area (Å²) in [5.74, 6) is 1.38. The van der Waals surface area contributed by atoms with Gasteiger partial charge in [0.1, 0.15) is 5.76 Å². The summed E-state index contributed by atoms with van der Waals surface area (Å²) in [6.07, 6.45) is 9.57. The highest BCUT2D eigenvalue weighted by Gasteiger charge is 2.36. The van der Waals surface area contributed by atoms with E-state index in [4.69, 9.17) is 9.47 Å². The molecule has 0 aliphatic carbocycles. The van der Waals surface area contributed by atoms with E-state index < -0.39 is 5.60 Å². The maximum Gasteiger partial charge on any atom is 0.305 e. The lowest BCUT2D eigenvalue weighted by molar-refractivity contribution is -0.141. The smallest absolute Gasteiger partial charge is 0.305 e. The Labute approximate surface area is 152 Å². The fraction of sp³-hybridized carbons (Fsp3) is 0.714. The highest BCUT2D eigenvalue weighted by atomic mass is 16.5. The van der Waals surface area contributed by atoms with Crippen LogP contribution in [0.5, 0.6) is 0 Å². The summed E-state index contributed by atoms with van der Waals surface area (Å²) in [6.45, 7) is 10.0. The number of hydrogen-bond donors (Lipinski definition) is 0. The third-order valence-corrected chi connectivity index (χ3v) is 4.83. The van der Waals surface area contributed by atoms with Crippen LogP contribution in [-0.2, 0) is 19.1 Å². The molecule has 0 unspecified atom stereocenters. The first-order valence-corrected chi connectivity index (χ1v) is 9.33. The van der Waals surface area contributed by atoms with Crippen molar-refractivity contribution in [3.05, 3.63) is 23.5 Å². The van der Waals surface area contributed by atoms with Gasteiger partial charge in [0.2, 0.25) is 5.78 Å². The molecule has 0 amide bonds. The summed E-state index contributed by atoms with van der Waals surface area (Å²) >= 11 is 0. The molecule has 4 heteroatoms. The highest BCUT2D eigenvalue weighted by molar-refractivity contribution is 5.98. The predicted molar refractivity (Wildman–Crippen MR) is 100 cm³/mol. The minimum atomic E-state index is -0.694. The molecule has 0 radical (unpaired) electrons. The normalized spacial score (nSPS) is 19.2. The van der Waals surface area contributed by atoms with Crippen molar-refractivity contribution in [3.8, 4) is 0 Å². The van der Waals surface area contributed by atoms with Crippen LogP contribution in [0.15, 0.2) is 23.5 Å². The maximum atomic E-state index is 11.8. The first-order chi connectivity index (χ1) is 11.7. The van der Waals surface area contributed by atoms with Crippen molar-refractivity contribution in [1.29, 1.82) is 0 Å². The molecule has 142 valence electrons. The standard InChI is InChI=1S/C21H34O4/c1-15(9-7-11-16(2)13-20(23)24-6)10-8-12-17(3)18-14-19(22)21(4,5)25-18/h9,14,16-17H,7-8,10-13H2,1-6H3/t16-,17-/m1/s1. The molecule has 0 aromatic rings. The molecule has 0 aromatic carbocycles. The van der Waals surface area contributed by atoms with Crippen molar-refractivity contribution in [2.75, 3.05) is 7.11 Å². The Morgan fingerprint density at radius 3 is 2.56 bits per heavy atom. The molecule has 4 nitrogen and oxygen atoms in total. The van der Waals surface area contributed by atoms with E-state index in [1.165, 1.54) is 12.7 Å². The number of ketones is 1. The van der Waals surface area contributed by atoms with E-state index in [-0.39, 0.29) is 17.7 Å². The van der Waals surface area contributed by atoms with Crippen LogP contribution in [0.25, 0.3) is 0 Å². The number of hydrogen-bond acceptors (Lipinski definition) is 4. The van der Waals surface area contributed by atoms with Gasteiger partial charge in [-0.3, -0.25) is 9.59 Å². The first-order valence-electron chi connectivity index (χ1n) is 9.33. The van der Waals surface area contributed by atoms with Gasteiger partial charge >= 0.3 is 5.97 Å². The number of esters is 1. The molecule has 0 saturated heterocycles. The number of methoxy groups -OCH3 is 1. The Bertz CT molecular complexity index is 528. The van der Waals surface area contributed by atoms with Crippen LogP contribution in [0.2, 0.25) is 0 Å². The average molecular weight is 350 g/mol. The lowest BCUT2D eigenvalue weighted by Gasteiger charge is -2.21. The van der Waals surface area contributed by atoms with E-state index in [1.807, 2.05) is 13.8 Å². The molecule has 0 fully saturated rings. The number of rotatable bonds is 10. The molecule has 1 aliphatic heterocycles. The van der Waals surface area contributed by atoms with Crippen LogP contribution in [0, 0.1) is 11.8 Å². The zero-order valence-corrected chi connectivity index (χ0v) is 16.7. The van der Waals surface area contributed by atoms with Crippen LogP contribution < -0.4 is 0 Å². The van der Waals surface area contributed by atoms with Gasteiger partial charge in [-0.25, -0.2) is 0 Å². The molecular formula is C21H34O4. The Kier molecular flexibility index (Phi) is 8.40. The molecule has 1 heterocycles. The van der Waals surface area contributed by atoms with E-state index in [2.05, 4.69) is 26.8 Å². The Morgan fingerprint density at radius 1 is 1.32 bits per heavy atom. The molecule has 25 heavy (non-hydrogen) atoms. The van der Waals surface area contributed by atoms with E-state index in [1.54, 1.807) is 6.08 Å². The average Bonchev–Trinajstić information content (AvgIpc) is 2.80. The van der Waals surface area contributed by atoms with Gasteiger partial charge in [0.15, 0.2) is 5.60 Å². The second-order valence-electron chi connectivity index (χ2n) is 7.83. The second-order valence-corrected chi connectivity index (χ2v) is 7.83. The van der Waals surface area contributed by atoms with Crippen molar-refractivity contribution in [1.82, 2.24) is 0 Å². The number of carbonyl (C=O) groups is 2. The second kappa shape index (κ2) is 9.79. The molecule has 1 rings (SSSR count). The topological polar surface area (TPSA) is 52.6 Å². The number of ether oxygens (including phenoxy) is 2. The van der Waals surface area contributed by atoms with Crippen LogP contribution in [-0.4, -0.2) is 24.5 Å². The van der Waals surface area contributed by atoms with Gasteiger partial charge in [-0.05, 0) is 58.8 Å². The van der Waals surface area contributed by atoms with Gasteiger partial charge in [0.05, 0.1) is 7.11 Å². The monoisotopic (exact) mass is 350 g/mol. The van der Waals surface area contributed by atoms with Crippen LogP contribution in [0.3, 0.4) is 0 Å². The van der Waals surface area contributed by atoms with Crippen LogP contribution >= 0.6 is 0 Å². The highest BCUT2D eigenvalue weighted by Crippen LogP contribution is 2.31. The van der Waals surface area contributed by atoms with Crippen molar-refractivity contribution in [2.45, 2.75) is 78.7 Å². The Hall–Kier alpha value is -1.58. The first kappa shape index (κ1) is 21.5. The van der Waals surface area contributed by atoms with E-state index >= 15 is 0 Å². The largest absolute Gasteiger partial charge is 0.484 e. The molecule has 2 atom stereocenters. The zero-order chi connectivity index (χ0) is 19.0. The Morgan fingerprint density at radius 2 is 2.00 bits per heavy atom. The third kappa shape index (κ3) is 7.45. The summed E-state index contributed by atoms with van der Waals surface area (Å²) in [5, 5.41) is 0. The summed E-state index contributed by atoms with van der Waals surface area (Å²) in [4.78, 5) is 23.0. The predicted octanol–water partition coefficient (Wildman–Crippen LogP) is 4.98. The molecule has 0 saturated carbocycles. The SMILES string of the molecule is COC(=O)C[C@H](C)CCC=C(C)CCC[C@@H](C)C1=CC(=O)C(C)(C)O1. The molecule has 0 aromatic heterocycles. The zero-order valence-electron chi connectivity index (χ0n) is 16.7. The summed E-state index contributed by atoms with van der Waals surface area (Å²) in [6, 6.07) is 0. The van der Waals surface area contributed by atoms with E-state index in [0.717, 1.165) is 37.9 Å². The molecular weight excluding hydrogens is 316 g/mol. The molecule has 0 N–H and O–H groups in total. The van der Waals surface area contributed by atoms with Crippen molar-refractivity contribution in [2.24, 2.45) is 11.8 Å². The minimum Gasteiger partial charge on any atom is -0.484 e. The van der Waals surface area contributed by atoms with Gasteiger partial charge in [0.25, 0.3) is 0 Å². The summed E-state index contributed by atoms with van der Waals surface area (Å²) in [5.41, 5.74) is 0.690. The number of allylic oxidation sites excluding steroid dienone is 3. The molecule has 0 bridgehead atoms. The summed E-state index contributed by atoms with van der Waals surface area (Å²) < 4.78 is 10.5. The van der Waals surface area contributed by atoms with Crippen LogP contribution in [0.4, 0.5) is 0 Å². The van der Waals surface area contributed by atoms with Gasteiger partial charge in [-0.2, -0.15) is 0 Å². The van der Waals surface area contributed by atoms with Crippen LogP contribution in [0.1, 0.15) is 73.1 Å². The van der Waals surface area contributed by atoms with Gasteiger partial charge < -0.3 is 9.47 Å². The van der Waals surface area contributed by atoms with Crippen molar-refractivity contribution in [3.63, 3.8) is 0 Å². The van der Waals surface area contributed by atoms with Gasteiger partial charge in [0, 0.05) is 18.4 Å². The molecule has 1 aliphatic rings. The Balaban J connectivity index is 2.26. The minimum absolute atomic E-state index is 0.0616. The van der Waals surface area contributed by atoms with Gasteiger partial charge in [-0.15, -0.1) is 0 Å². The fourth-order valence-electron chi connectivity index (χ4n) is 2.94. The van der Waals surface area contributed by atoms with E-state index in [9.17, 15) is 9.59 Å². The summed E-state index contributed by atoms with van der Waals surface area (Å²) in [7, 11) is 1.43. The van der Waals surface area contributed by atoms with E-state index in [0.29, 0.717) is 12.3 Å². The van der Waals surface area contributed by atoms with Crippen molar-refractivity contribution < 1.29 is 19.1 Å². The lowest BCUT2D eigenvalue weighted by atomic mass is 9.97. The van der Waals surface area contributed by atoms with Crippen molar-refractivity contribution >= 4 is 11.8 Å². The fourth-order valence-corrected chi connectivity index (χ4v) is 2.94. The lowest BCUT2D eigenvalue weighted by Crippen LogP contribution is -2.28. The number of carbonyl (C=O) groups excluding carboxylic acids is 2. The molecule has 0 spiro atoms. The maximum absolute atomic E-state index is 11.8.